The monoisotopic (exact) mass is 292 g/mol. The van der Waals surface area contributed by atoms with Gasteiger partial charge in [-0.15, -0.1) is 11.3 Å². The first kappa shape index (κ1) is 11.9. The van der Waals surface area contributed by atoms with E-state index in [1.54, 1.807) is 5.56 Å². The fourth-order valence-corrected chi connectivity index (χ4v) is 5.67. The summed E-state index contributed by atoms with van der Waals surface area (Å²) in [7, 11) is 0. The van der Waals surface area contributed by atoms with Gasteiger partial charge in [-0.25, -0.2) is 0 Å². The second kappa shape index (κ2) is 3.75. The van der Waals surface area contributed by atoms with Crippen molar-refractivity contribution >= 4 is 21.4 Å². The summed E-state index contributed by atoms with van der Waals surface area (Å²) >= 11 is 1.96. The van der Waals surface area contributed by atoms with Gasteiger partial charge in [-0.2, -0.15) is 4.57 Å². The number of rotatable bonds is 1. The molecule has 1 aliphatic carbocycles. The van der Waals surface area contributed by atoms with Crippen molar-refractivity contribution in [3.8, 4) is 10.6 Å². The highest BCUT2D eigenvalue weighted by atomic mass is 32.1. The molecule has 0 amide bonds. The molecule has 2 heteroatoms. The molecule has 1 nitrogen and oxygen atoms in total. The summed E-state index contributed by atoms with van der Waals surface area (Å²) in [6.45, 7) is 4.81. The number of aromatic nitrogens is 1. The number of pyridine rings is 1. The topological polar surface area (TPSA) is 3.88 Å². The quantitative estimate of drug-likeness (QED) is 0.560. The summed E-state index contributed by atoms with van der Waals surface area (Å²) in [6, 6.07) is 16.2. The zero-order valence-corrected chi connectivity index (χ0v) is 13.2. The summed E-state index contributed by atoms with van der Waals surface area (Å²) in [5, 5.41) is 1.49. The van der Waals surface area contributed by atoms with Gasteiger partial charge in [0.05, 0.1) is 5.92 Å². The molecule has 2 aromatic heterocycles. The zero-order chi connectivity index (χ0) is 14.2. The van der Waals surface area contributed by atoms with E-state index in [1.807, 2.05) is 11.3 Å². The molecule has 0 radical (unpaired) electrons. The second-order valence-corrected chi connectivity index (χ2v) is 7.67. The molecule has 0 saturated heterocycles. The highest BCUT2D eigenvalue weighted by Crippen LogP contribution is 2.71. The van der Waals surface area contributed by atoms with E-state index >= 15 is 0 Å². The van der Waals surface area contributed by atoms with Gasteiger partial charge in [0.2, 0.25) is 5.69 Å². The molecule has 3 unspecified atom stereocenters. The molecule has 21 heavy (non-hydrogen) atoms. The van der Waals surface area contributed by atoms with Crippen molar-refractivity contribution in [2.75, 3.05) is 0 Å². The van der Waals surface area contributed by atoms with Crippen molar-refractivity contribution in [1.29, 1.82) is 0 Å². The van der Waals surface area contributed by atoms with E-state index in [4.69, 9.17) is 0 Å². The second-order valence-electron chi connectivity index (χ2n) is 6.62. The van der Waals surface area contributed by atoms with Gasteiger partial charge in [0.25, 0.3) is 0 Å². The largest absolute Gasteiger partial charge is 0.223 e. The van der Waals surface area contributed by atoms with E-state index in [1.165, 1.54) is 27.1 Å². The number of hydrogen-bond donors (Lipinski definition) is 0. The van der Waals surface area contributed by atoms with Crippen LogP contribution >= 0.6 is 11.3 Å². The van der Waals surface area contributed by atoms with Gasteiger partial charge in [0.15, 0.2) is 12.2 Å². The molecular weight excluding hydrogens is 274 g/mol. The van der Waals surface area contributed by atoms with Gasteiger partial charge >= 0.3 is 0 Å². The third kappa shape index (κ3) is 1.30. The Morgan fingerprint density at radius 1 is 1.14 bits per heavy atom. The fraction of sp³-hybridized carbons (Fsp3) is 0.316. The van der Waals surface area contributed by atoms with Gasteiger partial charge in [-0.1, -0.05) is 32.0 Å². The van der Waals surface area contributed by atoms with Crippen molar-refractivity contribution in [3.05, 3.63) is 54.2 Å². The molecular formula is C19H18NS+. The fourth-order valence-electron chi connectivity index (χ4n) is 4.39. The lowest BCUT2D eigenvalue weighted by Crippen LogP contribution is -2.38. The smallest absolute Gasteiger partial charge is 0.194 e. The van der Waals surface area contributed by atoms with Crippen LogP contribution < -0.4 is 4.57 Å². The van der Waals surface area contributed by atoms with Gasteiger partial charge in [-0.05, 0) is 29.5 Å². The Morgan fingerprint density at radius 3 is 2.81 bits per heavy atom. The SMILES string of the molecule is CCC1(C)C2c3c(sc4ccccc34)-c3cccc[n+]3C21. The molecule has 1 saturated carbocycles. The predicted octanol–water partition coefficient (Wildman–Crippen LogP) is 4.92. The van der Waals surface area contributed by atoms with Crippen molar-refractivity contribution in [1.82, 2.24) is 0 Å². The Morgan fingerprint density at radius 2 is 1.95 bits per heavy atom. The summed E-state index contributed by atoms with van der Waals surface area (Å²) < 4.78 is 3.97. The molecule has 5 rings (SSSR count). The van der Waals surface area contributed by atoms with Crippen LogP contribution in [0.5, 0.6) is 0 Å². The molecule has 3 atom stereocenters. The van der Waals surface area contributed by atoms with Gasteiger partial charge in [0, 0.05) is 22.2 Å². The average molecular weight is 292 g/mol. The maximum Gasteiger partial charge on any atom is 0.223 e. The van der Waals surface area contributed by atoms with E-state index in [9.17, 15) is 0 Å². The summed E-state index contributed by atoms with van der Waals surface area (Å²) in [4.78, 5) is 1.50. The van der Waals surface area contributed by atoms with Crippen molar-refractivity contribution in [2.45, 2.75) is 32.2 Å². The predicted molar refractivity (Wildman–Crippen MR) is 87.6 cm³/mol. The van der Waals surface area contributed by atoms with Crippen molar-refractivity contribution in [2.24, 2.45) is 5.41 Å². The van der Waals surface area contributed by atoms with Crippen LogP contribution in [-0.4, -0.2) is 0 Å². The van der Waals surface area contributed by atoms with E-state index in [0.29, 0.717) is 17.4 Å². The maximum absolute atomic E-state index is 2.53. The minimum atomic E-state index is 0.413. The normalized spacial score (nSPS) is 28.9. The lowest BCUT2D eigenvalue weighted by Gasteiger charge is -2.09. The van der Waals surface area contributed by atoms with Crippen LogP contribution in [0.15, 0.2) is 48.7 Å². The molecule has 2 aliphatic rings. The van der Waals surface area contributed by atoms with Crippen LogP contribution in [0.4, 0.5) is 0 Å². The number of nitrogens with zero attached hydrogens (tertiary/aromatic N) is 1. The van der Waals surface area contributed by atoms with Crippen LogP contribution in [-0.2, 0) is 0 Å². The third-order valence-electron chi connectivity index (χ3n) is 5.72. The maximum atomic E-state index is 2.53. The van der Waals surface area contributed by atoms with E-state index < -0.39 is 0 Å². The number of benzene rings is 1. The number of fused-ring (bicyclic) bond motifs is 8. The molecule has 1 aliphatic heterocycles. The van der Waals surface area contributed by atoms with Gasteiger partial charge < -0.3 is 0 Å². The highest BCUT2D eigenvalue weighted by Gasteiger charge is 2.71. The van der Waals surface area contributed by atoms with Crippen LogP contribution in [0.25, 0.3) is 20.7 Å². The molecule has 0 bridgehead atoms. The van der Waals surface area contributed by atoms with Crippen molar-refractivity contribution < 1.29 is 4.57 Å². The Labute approximate surface area is 128 Å². The minimum Gasteiger partial charge on any atom is -0.194 e. The number of hydrogen-bond acceptors (Lipinski definition) is 1. The standard InChI is InChI=1S/C19H18NS/c1-3-19(2)16-15-12-8-4-5-10-14(12)21-17(15)13-9-6-7-11-20(13)18(16)19/h4-11,16,18H,3H2,1-2H3/q+1. The highest BCUT2D eigenvalue weighted by molar-refractivity contribution is 7.22. The summed E-state index contributed by atoms with van der Waals surface area (Å²) in [5.41, 5.74) is 3.44. The van der Waals surface area contributed by atoms with E-state index in [-0.39, 0.29) is 0 Å². The lowest BCUT2D eigenvalue weighted by atomic mass is 9.96. The lowest BCUT2D eigenvalue weighted by molar-refractivity contribution is -0.697. The Kier molecular flexibility index (Phi) is 2.13. The molecule has 1 aromatic carbocycles. The van der Waals surface area contributed by atoms with Gasteiger partial charge in [0.1, 0.15) is 4.88 Å². The first-order valence-electron chi connectivity index (χ1n) is 7.77. The Balaban J connectivity index is 1.91. The van der Waals surface area contributed by atoms with Crippen LogP contribution in [0.2, 0.25) is 0 Å². The van der Waals surface area contributed by atoms with Crippen LogP contribution in [0.3, 0.4) is 0 Å². The Bertz CT molecular complexity index is 878. The van der Waals surface area contributed by atoms with Crippen LogP contribution in [0.1, 0.15) is 37.8 Å². The van der Waals surface area contributed by atoms with Crippen molar-refractivity contribution in [3.63, 3.8) is 0 Å². The molecule has 1 fully saturated rings. The minimum absolute atomic E-state index is 0.413. The summed E-state index contributed by atoms with van der Waals surface area (Å²) in [6.07, 6.45) is 3.52. The van der Waals surface area contributed by atoms with E-state index in [2.05, 4.69) is 67.1 Å². The first-order chi connectivity index (χ1) is 10.3. The molecule has 3 heterocycles. The number of thiophene rings is 1. The summed E-state index contributed by atoms with van der Waals surface area (Å²) in [5.74, 6) is 0.688. The average Bonchev–Trinajstić information content (AvgIpc) is 2.98. The Hall–Kier alpha value is -1.67. The van der Waals surface area contributed by atoms with Crippen LogP contribution in [0, 0.1) is 5.41 Å². The zero-order valence-electron chi connectivity index (χ0n) is 12.3. The molecule has 0 spiro atoms. The molecule has 3 aromatic rings. The molecule has 104 valence electrons. The van der Waals surface area contributed by atoms with Gasteiger partial charge in [-0.3, -0.25) is 0 Å². The molecule has 0 N–H and O–H groups in total. The first-order valence-corrected chi connectivity index (χ1v) is 8.59. The third-order valence-corrected chi connectivity index (χ3v) is 6.93. The van der Waals surface area contributed by atoms with E-state index in [0.717, 1.165) is 0 Å².